The van der Waals surface area contributed by atoms with Gasteiger partial charge in [0.2, 0.25) is 0 Å². The molecule has 4 heteroatoms. The van der Waals surface area contributed by atoms with Gasteiger partial charge in [0.05, 0.1) is 6.20 Å². The van der Waals surface area contributed by atoms with E-state index in [2.05, 4.69) is 35.9 Å². The maximum Gasteiger partial charge on any atom is 0.155 e. The molecule has 17 heavy (non-hydrogen) atoms. The summed E-state index contributed by atoms with van der Waals surface area (Å²) in [5, 5.41) is 8.22. The van der Waals surface area contributed by atoms with E-state index in [4.69, 9.17) is 5.73 Å². The van der Waals surface area contributed by atoms with Crippen LogP contribution in [0.2, 0.25) is 0 Å². The fourth-order valence-corrected chi connectivity index (χ4v) is 2.44. The Kier molecular flexibility index (Phi) is 3.33. The summed E-state index contributed by atoms with van der Waals surface area (Å²) in [7, 11) is 0. The second-order valence-electron chi connectivity index (χ2n) is 5.88. The van der Waals surface area contributed by atoms with Crippen LogP contribution in [0.1, 0.15) is 32.8 Å². The van der Waals surface area contributed by atoms with Crippen LogP contribution in [0.5, 0.6) is 0 Å². The van der Waals surface area contributed by atoms with Crippen molar-refractivity contribution in [3.63, 3.8) is 0 Å². The first-order valence-corrected chi connectivity index (χ1v) is 6.28. The summed E-state index contributed by atoms with van der Waals surface area (Å²) in [4.78, 5) is 2.32. The molecule has 0 aliphatic carbocycles. The molecule has 0 spiro atoms. The van der Waals surface area contributed by atoms with E-state index in [1.165, 1.54) is 6.42 Å². The minimum Gasteiger partial charge on any atom is -0.355 e. The molecule has 1 saturated heterocycles. The third kappa shape index (κ3) is 2.57. The molecule has 0 aromatic carbocycles. The van der Waals surface area contributed by atoms with Crippen LogP contribution in [-0.4, -0.2) is 23.3 Å². The molecule has 1 fully saturated rings. The molecule has 4 nitrogen and oxygen atoms in total. The number of nitrogens with zero attached hydrogens (tertiary/aromatic N) is 3. The SMILES string of the molecule is CC(C)(C)C1CCN(c2nnccc2CN)C1. The Morgan fingerprint density at radius 3 is 2.82 bits per heavy atom. The highest BCUT2D eigenvalue weighted by Gasteiger charge is 2.32. The van der Waals surface area contributed by atoms with E-state index in [0.29, 0.717) is 12.0 Å². The largest absolute Gasteiger partial charge is 0.355 e. The molecule has 1 unspecified atom stereocenters. The zero-order valence-corrected chi connectivity index (χ0v) is 11.0. The van der Waals surface area contributed by atoms with E-state index < -0.39 is 0 Å². The second kappa shape index (κ2) is 4.61. The molecule has 94 valence electrons. The topological polar surface area (TPSA) is 55.0 Å². The van der Waals surface area contributed by atoms with Gasteiger partial charge in [-0.15, -0.1) is 5.10 Å². The number of nitrogens with two attached hydrogens (primary N) is 1. The zero-order chi connectivity index (χ0) is 12.5. The fourth-order valence-electron chi connectivity index (χ4n) is 2.44. The fraction of sp³-hybridized carbons (Fsp3) is 0.692. The molecule has 1 aromatic rings. The van der Waals surface area contributed by atoms with Gasteiger partial charge in [0.25, 0.3) is 0 Å². The Morgan fingerprint density at radius 1 is 1.47 bits per heavy atom. The van der Waals surface area contributed by atoms with Crippen molar-refractivity contribution in [1.82, 2.24) is 10.2 Å². The Hall–Kier alpha value is -1.16. The summed E-state index contributed by atoms with van der Waals surface area (Å²) in [5.41, 5.74) is 7.20. The third-order valence-electron chi connectivity index (χ3n) is 3.71. The smallest absolute Gasteiger partial charge is 0.155 e. The van der Waals surface area contributed by atoms with Crippen molar-refractivity contribution in [2.45, 2.75) is 33.7 Å². The standard InChI is InChI=1S/C13H22N4/c1-13(2,3)11-5-7-17(9-11)12-10(8-14)4-6-15-16-12/h4,6,11H,5,7-9,14H2,1-3H3. The van der Waals surface area contributed by atoms with Crippen LogP contribution in [-0.2, 0) is 6.54 Å². The first-order valence-electron chi connectivity index (χ1n) is 6.28. The summed E-state index contributed by atoms with van der Waals surface area (Å²) in [6, 6.07) is 1.97. The normalized spacial score (nSPS) is 20.9. The van der Waals surface area contributed by atoms with Gasteiger partial charge in [-0.3, -0.25) is 0 Å². The van der Waals surface area contributed by atoms with Gasteiger partial charge in [-0.25, -0.2) is 0 Å². The Morgan fingerprint density at radius 2 is 2.24 bits per heavy atom. The van der Waals surface area contributed by atoms with Crippen LogP contribution >= 0.6 is 0 Å². The van der Waals surface area contributed by atoms with Gasteiger partial charge in [-0.05, 0) is 23.8 Å². The molecule has 0 bridgehead atoms. The maximum atomic E-state index is 5.74. The van der Waals surface area contributed by atoms with E-state index in [9.17, 15) is 0 Å². The van der Waals surface area contributed by atoms with Gasteiger partial charge in [-0.1, -0.05) is 20.8 Å². The Bertz CT molecular complexity index is 383. The Labute approximate surface area is 103 Å². The first kappa shape index (κ1) is 12.3. The first-order chi connectivity index (χ1) is 8.02. The highest BCUT2D eigenvalue weighted by atomic mass is 15.3. The van der Waals surface area contributed by atoms with Gasteiger partial charge in [-0.2, -0.15) is 5.10 Å². The molecular formula is C13H22N4. The number of anilines is 1. The van der Waals surface area contributed by atoms with Crippen molar-refractivity contribution in [2.75, 3.05) is 18.0 Å². The second-order valence-corrected chi connectivity index (χ2v) is 5.88. The molecule has 1 aliphatic rings. The molecule has 0 saturated carbocycles. The van der Waals surface area contributed by atoms with Crippen molar-refractivity contribution in [2.24, 2.45) is 17.1 Å². The van der Waals surface area contributed by atoms with E-state index in [0.717, 1.165) is 30.4 Å². The monoisotopic (exact) mass is 234 g/mol. The van der Waals surface area contributed by atoms with E-state index >= 15 is 0 Å². The summed E-state index contributed by atoms with van der Waals surface area (Å²) in [5.74, 6) is 1.69. The summed E-state index contributed by atoms with van der Waals surface area (Å²) in [6.07, 6.45) is 2.94. The molecule has 0 amide bonds. The van der Waals surface area contributed by atoms with Gasteiger partial charge >= 0.3 is 0 Å². The van der Waals surface area contributed by atoms with Gasteiger partial charge in [0, 0.05) is 25.2 Å². The van der Waals surface area contributed by atoms with E-state index in [1.807, 2.05) is 6.07 Å². The number of rotatable bonds is 2. The molecule has 0 radical (unpaired) electrons. The van der Waals surface area contributed by atoms with Crippen LogP contribution in [0.4, 0.5) is 5.82 Å². The lowest BCUT2D eigenvalue weighted by Gasteiger charge is -2.27. The lowest BCUT2D eigenvalue weighted by molar-refractivity contribution is 0.263. The predicted molar refractivity (Wildman–Crippen MR) is 69.7 cm³/mol. The average Bonchev–Trinajstić information content (AvgIpc) is 2.77. The highest BCUT2D eigenvalue weighted by Crippen LogP contribution is 2.35. The molecule has 1 atom stereocenters. The average molecular weight is 234 g/mol. The van der Waals surface area contributed by atoms with Crippen molar-refractivity contribution in [3.8, 4) is 0 Å². The Balaban J connectivity index is 2.15. The van der Waals surface area contributed by atoms with Crippen molar-refractivity contribution in [1.29, 1.82) is 0 Å². The van der Waals surface area contributed by atoms with Crippen molar-refractivity contribution in [3.05, 3.63) is 17.8 Å². The molecule has 2 rings (SSSR count). The summed E-state index contributed by atoms with van der Waals surface area (Å²) < 4.78 is 0. The predicted octanol–water partition coefficient (Wildman–Crippen LogP) is 1.81. The van der Waals surface area contributed by atoms with Crippen LogP contribution in [0.15, 0.2) is 12.3 Å². The zero-order valence-electron chi connectivity index (χ0n) is 11.0. The van der Waals surface area contributed by atoms with Gasteiger partial charge in [0.15, 0.2) is 5.82 Å². The molecular weight excluding hydrogens is 212 g/mol. The minimum absolute atomic E-state index is 0.361. The molecule has 2 N–H and O–H groups in total. The van der Waals surface area contributed by atoms with Crippen molar-refractivity contribution >= 4 is 5.82 Å². The highest BCUT2D eigenvalue weighted by molar-refractivity contribution is 5.46. The molecule has 1 aliphatic heterocycles. The molecule has 1 aromatic heterocycles. The third-order valence-corrected chi connectivity index (χ3v) is 3.71. The van der Waals surface area contributed by atoms with Crippen LogP contribution in [0.3, 0.4) is 0 Å². The lowest BCUT2D eigenvalue weighted by atomic mass is 9.80. The molecule has 2 heterocycles. The quantitative estimate of drug-likeness (QED) is 0.848. The number of aromatic nitrogens is 2. The van der Waals surface area contributed by atoms with Crippen LogP contribution in [0.25, 0.3) is 0 Å². The summed E-state index contributed by atoms with van der Waals surface area (Å²) in [6.45, 7) is 9.58. The van der Waals surface area contributed by atoms with Crippen LogP contribution in [0, 0.1) is 11.3 Å². The lowest BCUT2D eigenvalue weighted by Crippen LogP contribution is -2.27. The van der Waals surface area contributed by atoms with E-state index in [-0.39, 0.29) is 0 Å². The van der Waals surface area contributed by atoms with Gasteiger partial charge in [0.1, 0.15) is 0 Å². The number of hydrogen-bond donors (Lipinski definition) is 1. The maximum absolute atomic E-state index is 5.74. The van der Waals surface area contributed by atoms with Crippen LogP contribution < -0.4 is 10.6 Å². The van der Waals surface area contributed by atoms with Crippen molar-refractivity contribution < 1.29 is 0 Å². The van der Waals surface area contributed by atoms with E-state index in [1.54, 1.807) is 6.20 Å². The minimum atomic E-state index is 0.361. The number of hydrogen-bond acceptors (Lipinski definition) is 4. The summed E-state index contributed by atoms with van der Waals surface area (Å²) >= 11 is 0. The van der Waals surface area contributed by atoms with Gasteiger partial charge < -0.3 is 10.6 Å².